The maximum atomic E-state index is 5.21. The molecule has 9 heavy (non-hydrogen) atoms. The van der Waals surface area contributed by atoms with E-state index < -0.39 is 0 Å². The smallest absolute Gasteiger partial charge is 0.0103 e. The lowest BCUT2D eigenvalue weighted by molar-refractivity contribution is 0.499. The monoisotopic (exact) mass is 127 g/mol. The third kappa shape index (κ3) is 4.07. The molecule has 0 radical (unpaired) electrons. The fourth-order valence-corrected chi connectivity index (χ4v) is 0.893. The van der Waals surface area contributed by atoms with Crippen LogP contribution in [0, 0.1) is 5.92 Å². The van der Waals surface area contributed by atoms with Crippen LogP contribution < -0.4 is 5.73 Å². The van der Waals surface area contributed by atoms with Gasteiger partial charge in [-0.05, 0) is 18.5 Å². The summed E-state index contributed by atoms with van der Waals surface area (Å²) in [5.41, 5.74) is 5.21. The molecule has 2 N–H and O–H groups in total. The molecule has 0 aliphatic heterocycles. The van der Waals surface area contributed by atoms with Crippen molar-refractivity contribution >= 4 is 0 Å². The zero-order chi connectivity index (χ0) is 7.11. The number of allylic oxidation sites excluding steroid dienone is 1. The van der Waals surface area contributed by atoms with Gasteiger partial charge in [-0.25, -0.2) is 0 Å². The summed E-state index contributed by atoms with van der Waals surface area (Å²) >= 11 is 0. The molecule has 0 fully saturated rings. The van der Waals surface area contributed by atoms with Crippen molar-refractivity contribution in [3.8, 4) is 0 Å². The summed E-state index contributed by atoms with van der Waals surface area (Å²) in [5, 5.41) is 0. The van der Waals surface area contributed by atoms with Gasteiger partial charge >= 0.3 is 0 Å². The van der Waals surface area contributed by atoms with Crippen molar-refractivity contribution in [3.63, 3.8) is 0 Å². The third-order valence-electron chi connectivity index (χ3n) is 1.76. The van der Waals surface area contributed by atoms with Crippen molar-refractivity contribution in [1.82, 2.24) is 0 Å². The molecule has 0 heterocycles. The van der Waals surface area contributed by atoms with Crippen LogP contribution in [0.5, 0.6) is 0 Å². The number of hydrogen-bond donors (Lipinski definition) is 1. The van der Waals surface area contributed by atoms with E-state index in [4.69, 9.17) is 5.73 Å². The highest BCUT2D eigenvalue weighted by atomic mass is 14.5. The normalized spacial score (nSPS) is 11.4. The minimum atomic E-state index is 0.838. The Morgan fingerprint density at radius 2 is 1.89 bits per heavy atom. The van der Waals surface area contributed by atoms with Crippen molar-refractivity contribution in [3.05, 3.63) is 12.3 Å². The first kappa shape index (κ1) is 8.54. The molecule has 0 atom stereocenters. The summed E-state index contributed by atoms with van der Waals surface area (Å²) in [6.07, 6.45) is 7.35. The first-order valence-electron chi connectivity index (χ1n) is 3.71. The van der Waals surface area contributed by atoms with Crippen LogP contribution in [0.2, 0.25) is 0 Å². The quantitative estimate of drug-likeness (QED) is 0.616. The minimum absolute atomic E-state index is 0.838. The Labute approximate surface area is 57.9 Å². The molecule has 0 unspecified atom stereocenters. The van der Waals surface area contributed by atoms with E-state index in [0.29, 0.717) is 0 Å². The van der Waals surface area contributed by atoms with E-state index in [1.54, 1.807) is 6.20 Å². The maximum absolute atomic E-state index is 5.21. The van der Waals surface area contributed by atoms with Gasteiger partial charge in [0.2, 0.25) is 0 Å². The molecule has 0 amide bonds. The second-order valence-corrected chi connectivity index (χ2v) is 2.35. The van der Waals surface area contributed by atoms with E-state index in [2.05, 4.69) is 13.8 Å². The van der Waals surface area contributed by atoms with Crippen LogP contribution in [-0.2, 0) is 0 Å². The first-order chi connectivity index (χ1) is 4.35. The first-order valence-corrected chi connectivity index (χ1v) is 3.71. The fraction of sp³-hybridized carbons (Fsp3) is 0.750. The Bertz CT molecular complexity index is 72.6. The topological polar surface area (TPSA) is 26.0 Å². The van der Waals surface area contributed by atoms with E-state index in [1.165, 1.54) is 12.8 Å². The standard InChI is InChI=1S/C8H17N/c1-3-8(4-2)6-5-7-9/h5,7-8H,3-4,6,9H2,1-2H3/b7-5+. The largest absolute Gasteiger partial charge is 0.405 e. The van der Waals surface area contributed by atoms with Crippen molar-refractivity contribution < 1.29 is 0 Å². The van der Waals surface area contributed by atoms with E-state index in [-0.39, 0.29) is 0 Å². The summed E-state index contributed by atoms with van der Waals surface area (Å²) in [4.78, 5) is 0. The molecule has 1 nitrogen and oxygen atoms in total. The molecule has 0 saturated heterocycles. The van der Waals surface area contributed by atoms with Crippen molar-refractivity contribution in [2.45, 2.75) is 33.1 Å². The van der Waals surface area contributed by atoms with Crippen LogP contribution >= 0.6 is 0 Å². The molecule has 1 heteroatoms. The van der Waals surface area contributed by atoms with E-state index >= 15 is 0 Å². The molecule has 0 aromatic carbocycles. The van der Waals surface area contributed by atoms with Gasteiger partial charge in [0.1, 0.15) is 0 Å². The molecule has 0 aliphatic carbocycles. The molecule has 0 aromatic rings. The van der Waals surface area contributed by atoms with Crippen molar-refractivity contribution in [2.75, 3.05) is 0 Å². The van der Waals surface area contributed by atoms with Gasteiger partial charge < -0.3 is 5.73 Å². The van der Waals surface area contributed by atoms with E-state index in [9.17, 15) is 0 Å². The average molecular weight is 127 g/mol. The van der Waals surface area contributed by atoms with E-state index in [1.807, 2.05) is 6.08 Å². The molecule has 0 rings (SSSR count). The Balaban J connectivity index is 3.31. The van der Waals surface area contributed by atoms with Crippen LogP contribution in [0.1, 0.15) is 33.1 Å². The summed E-state index contributed by atoms with van der Waals surface area (Å²) in [6, 6.07) is 0. The lowest BCUT2D eigenvalue weighted by atomic mass is 10.00. The summed E-state index contributed by atoms with van der Waals surface area (Å²) in [5.74, 6) is 0.838. The number of nitrogens with two attached hydrogens (primary N) is 1. The summed E-state index contributed by atoms with van der Waals surface area (Å²) < 4.78 is 0. The summed E-state index contributed by atoms with van der Waals surface area (Å²) in [7, 11) is 0. The molecular formula is C8H17N. The second kappa shape index (κ2) is 5.67. The van der Waals surface area contributed by atoms with Gasteiger partial charge in [-0.2, -0.15) is 0 Å². The van der Waals surface area contributed by atoms with Crippen LogP contribution in [0.15, 0.2) is 12.3 Å². The van der Waals surface area contributed by atoms with Gasteiger partial charge in [-0.1, -0.05) is 32.8 Å². The van der Waals surface area contributed by atoms with Gasteiger partial charge in [0.25, 0.3) is 0 Å². The van der Waals surface area contributed by atoms with Crippen LogP contribution in [0.3, 0.4) is 0 Å². The Morgan fingerprint density at radius 3 is 2.22 bits per heavy atom. The Kier molecular flexibility index (Phi) is 5.38. The predicted molar refractivity (Wildman–Crippen MR) is 42.0 cm³/mol. The molecule has 0 spiro atoms. The minimum Gasteiger partial charge on any atom is -0.405 e. The van der Waals surface area contributed by atoms with Crippen molar-refractivity contribution in [2.24, 2.45) is 11.7 Å². The molecule has 0 aliphatic rings. The van der Waals surface area contributed by atoms with Crippen LogP contribution in [0.4, 0.5) is 0 Å². The zero-order valence-electron chi connectivity index (χ0n) is 6.43. The number of rotatable bonds is 4. The highest BCUT2D eigenvalue weighted by molar-refractivity contribution is 4.78. The maximum Gasteiger partial charge on any atom is -0.0103 e. The second-order valence-electron chi connectivity index (χ2n) is 2.35. The zero-order valence-corrected chi connectivity index (χ0v) is 6.43. The lowest BCUT2D eigenvalue weighted by Gasteiger charge is -2.06. The highest BCUT2D eigenvalue weighted by Crippen LogP contribution is 2.11. The molecule has 54 valence electrons. The molecular weight excluding hydrogens is 110 g/mol. The van der Waals surface area contributed by atoms with Crippen LogP contribution in [-0.4, -0.2) is 0 Å². The third-order valence-corrected chi connectivity index (χ3v) is 1.76. The van der Waals surface area contributed by atoms with Gasteiger partial charge in [0.15, 0.2) is 0 Å². The Hall–Kier alpha value is -0.460. The average Bonchev–Trinajstić information content (AvgIpc) is 1.91. The lowest BCUT2D eigenvalue weighted by Crippen LogP contribution is -1.94. The molecule has 0 bridgehead atoms. The van der Waals surface area contributed by atoms with Gasteiger partial charge in [0, 0.05) is 0 Å². The SMILES string of the molecule is CCC(CC)C/C=C/N. The predicted octanol–water partition coefficient (Wildman–Crippen LogP) is 2.29. The van der Waals surface area contributed by atoms with Gasteiger partial charge in [-0.15, -0.1) is 0 Å². The Morgan fingerprint density at radius 1 is 1.33 bits per heavy atom. The van der Waals surface area contributed by atoms with E-state index in [0.717, 1.165) is 12.3 Å². The highest BCUT2D eigenvalue weighted by Gasteiger charge is 1.97. The van der Waals surface area contributed by atoms with Gasteiger partial charge in [0.05, 0.1) is 0 Å². The van der Waals surface area contributed by atoms with Gasteiger partial charge in [-0.3, -0.25) is 0 Å². The molecule has 0 saturated carbocycles. The molecule has 0 aromatic heterocycles. The summed E-state index contributed by atoms with van der Waals surface area (Å²) in [6.45, 7) is 4.44. The fourth-order valence-electron chi connectivity index (χ4n) is 0.893. The number of hydrogen-bond acceptors (Lipinski definition) is 1. The van der Waals surface area contributed by atoms with Crippen LogP contribution in [0.25, 0.3) is 0 Å². The van der Waals surface area contributed by atoms with Crippen molar-refractivity contribution in [1.29, 1.82) is 0 Å².